The lowest BCUT2D eigenvalue weighted by Crippen LogP contribution is -2.14. The van der Waals surface area contributed by atoms with Gasteiger partial charge in [-0.25, -0.2) is 0 Å². The first-order chi connectivity index (χ1) is 22.8. The van der Waals surface area contributed by atoms with E-state index >= 15 is 0 Å². The summed E-state index contributed by atoms with van der Waals surface area (Å²) in [7, 11) is 0. The molecule has 1 heterocycles. The van der Waals surface area contributed by atoms with Gasteiger partial charge >= 0.3 is 0 Å². The summed E-state index contributed by atoms with van der Waals surface area (Å²) in [4.78, 5) is 0. The zero-order chi connectivity index (χ0) is 31.7. The van der Waals surface area contributed by atoms with Crippen molar-refractivity contribution in [2.75, 3.05) is 0 Å². The molecule has 0 bridgehead atoms. The largest absolute Gasteiger partial charge is 0.309 e. The molecule has 0 amide bonds. The molecule has 1 aromatic heterocycles. The van der Waals surface area contributed by atoms with Gasteiger partial charge in [0.2, 0.25) is 0 Å². The molecule has 10 rings (SSSR count). The van der Waals surface area contributed by atoms with Crippen LogP contribution in [0.4, 0.5) is 0 Å². The predicted molar refractivity (Wildman–Crippen MR) is 199 cm³/mol. The standard InChI is InChI=1S/C46H35N/c1-45(2)39-18-10-8-15-34(39)44-32(16-11-19-40(44)45)28-20-22-31(23-21-28)47-42-25-30-13-6-5-12-29(30)24-36(42)37-26-41-35(27-43(37)47)33-14-7-9-17-38(33)46(41,3)4/h5-27H,1-4H3. The summed E-state index contributed by atoms with van der Waals surface area (Å²) in [6, 6.07) is 52.5. The maximum absolute atomic E-state index is 2.49. The minimum Gasteiger partial charge on any atom is -0.309 e. The summed E-state index contributed by atoms with van der Waals surface area (Å²) < 4.78 is 2.49. The molecule has 0 fully saturated rings. The summed E-state index contributed by atoms with van der Waals surface area (Å²) in [5, 5.41) is 5.16. The fourth-order valence-electron chi connectivity index (χ4n) is 8.96. The average molecular weight is 602 g/mol. The summed E-state index contributed by atoms with van der Waals surface area (Å²) in [6.45, 7) is 9.45. The highest BCUT2D eigenvalue weighted by Gasteiger charge is 2.37. The molecular formula is C46H35N. The Kier molecular flexibility index (Phi) is 5.19. The topological polar surface area (TPSA) is 4.93 Å². The van der Waals surface area contributed by atoms with Crippen LogP contribution >= 0.6 is 0 Å². The van der Waals surface area contributed by atoms with Crippen molar-refractivity contribution in [3.05, 3.63) is 162 Å². The van der Waals surface area contributed by atoms with Gasteiger partial charge < -0.3 is 4.57 Å². The van der Waals surface area contributed by atoms with Gasteiger partial charge in [-0.05, 0) is 103 Å². The Labute approximate surface area is 275 Å². The number of benzene rings is 7. The molecular weight excluding hydrogens is 567 g/mol. The minimum absolute atomic E-state index is 0.0128. The molecule has 8 aromatic rings. The second-order valence-corrected chi connectivity index (χ2v) is 14.6. The summed E-state index contributed by atoms with van der Waals surface area (Å²) in [5.41, 5.74) is 17.3. The van der Waals surface area contributed by atoms with Crippen molar-refractivity contribution in [3.63, 3.8) is 0 Å². The van der Waals surface area contributed by atoms with Gasteiger partial charge in [0.25, 0.3) is 0 Å². The van der Waals surface area contributed by atoms with E-state index in [2.05, 4.69) is 172 Å². The van der Waals surface area contributed by atoms with Gasteiger partial charge in [0.15, 0.2) is 0 Å². The van der Waals surface area contributed by atoms with Crippen molar-refractivity contribution >= 4 is 32.6 Å². The fourth-order valence-corrected chi connectivity index (χ4v) is 8.96. The van der Waals surface area contributed by atoms with E-state index in [4.69, 9.17) is 0 Å². The smallest absolute Gasteiger partial charge is 0.0547 e. The molecule has 0 saturated heterocycles. The van der Waals surface area contributed by atoms with Crippen LogP contribution in [0.2, 0.25) is 0 Å². The fraction of sp³-hybridized carbons (Fsp3) is 0.130. The Morgan fingerprint density at radius 3 is 1.72 bits per heavy atom. The van der Waals surface area contributed by atoms with Crippen molar-refractivity contribution in [1.82, 2.24) is 4.57 Å². The minimum atomic E-state index is -0.0455. The SMILES string of the molecule is CC1(C)c2ccccc2-c2cc3c(cc21)c1cc2ccccc2cc1n3-c1ccc(-c2cccc3c2-c2ccccc2C3(C)C)cc1. The average Bonchev–Trinajstić information content (AvgIpc) is 3.63. The molecule has 47 heavy (non-hydrogen) atoms. The van der Waals surface area contributed by atoms with E-state index in [1.54, 1.807) is 0 Å². The van der Waals surface area contributed by atoms with Crippen LogP contribution in [0.5, 0.6) is 0 Å². The molecule has 0 saturated carbocycles. The van der Waals surface area contributed by atoms with Crippen LogP contribution in [0.15, 0.2) is 140 Å². The van der Waals surface area contributed by atoms with Gasteiger partial charge in [-0.2, -0.15) is 0 Å². The van der Waals surface area contributed by atoms with Crippen molar-refractivity contribution in [1.29, 1.82) is 0 Å². The third-order valence-electron chi connectivity index (χ3n) is 11.4. The highest BCUT2D eigenvalue weighted by molar-refractivity contribution is 6.15. The number of hydrogen-bond acceptors (Lipinski definition) is 0. The van der Waals surface area contributed by atoms with Crippen LogP contribution < -0.4 is 0 Å². The van der Waals surface area contributed by atoms with E-state index in [-0.39, 0.29) is 10.8 Å². The molecule has 1 heteroatoms. The Hall–Kier alpha value is -5.40. The van der Waals surface area contributed by atoms with Gasteiger partial charge in [-0.3, -0.25) is 0 Å². The lowest BCUT2D eigenvalue weighted by atomic mass is 9.82. The molecule has 0 radical (unpaired) electrons. The lowest BCUT2D eigenvalue weighted by molar-refractivity contribution is 0.660. The number of fused-ring (bicyclic) bond motifs is 10. The van der Waals surface area contributed by atoms with Crippen molar-refractivity contribution < 1.29 is 0 Å². The van der Waals surface area contributed by atoms with Gasteiger partial charge in [0.05, 0.1) is 11.0 Å². The molecule has 7 aromatic carbocycles. The molecule has 224 valence electrons. The summed E-state index contributed by atoms with van der Waals surface area (Å²) in [5.74, 6) is 0. The van der Waals surface area contributed by atoms with Crippen LogP contribution in [0.3, 0.4) is 0 Å². The van der Waals surface area contributed by atoms with Crippen molar-refractivity contribution in [3.8, 4) is 39.1 Å². The van der Waals surface area contributed by atoms with E-state index in [0.29, 0.717) is 0 Å². The zero-order valence-corrected chi connectivity index (χ0v) is 27.2. The molecule has 0 aliphatic heterocycles. The van der Waals surface area contributed by atoms with Crippen molar-refractivity contribution in [2.45, 2.75) is 38.5 Å². The second-order valence-electron chi connectivity index (χ2n) is 14.6. The number of hydrogen-bond donors (Lipinski definition) is 0. The van der Waals surface area contributed by atoms with Gasteiger partial charge in [0, 0.05) is 27.3 Å². The molecule has 2 aliphatic rings. The molecule has 1 nitrogen and oxygen atoms in total. The Morgan fingerprint density at radius 2 is 0.957 bits per heavy atom. The van der Waals surface area contributed by atoms with Gasteiger partial charge in [-0.15, -0.1) is 0 Å². The normalized spacial score (nSPS) is 15.1. The number of rotatable bonds is 2. The van der Waals surface area contributed by atoms with E-state index in [1.165, 1.54) is 93.9 Å². The molecule has 0 N–H and O–H groups in total. The van der Waals surface area contributed by atoms with E-state index < -0.39 is 0 Å². The highest BCUT2D eigenvalue weighted by Crippen LogP contribution is 2.53. The molecule has 0 spiro atoms. The Morgan fingerprint density at radius 1 is 0.404 bits per heavy atom. The monoisotopic (exact) mass is 601 g/mol. The number of nitrogens with zero attached hydrogens (tertiary/aromatic N) is 1. The molecule has 0 atom stereocenters. The van der Waals surface area contributed by atoms with E-state index in [9.17, 15) is 0 Å². The third kappa shape index (κ3) is 3.49. The van der Waals surface area contributed by atoms with Crippen LogP contribution in [-0.2, 0) is 10.8 Å². The third-order valence-corrected chi connectivity index (χ3v) is 11.4. The molecule has 2 aliphatic carbocycles. The predicted octanol–water partition coefficient (Wildman–Crippen LogP) is 12.2. The quantitative estimate of drug-likeness (QED) is 0.186. The Bertz CT molecular complexity index is 2610. The first-order valence-corrected chi connectivity index (χ1v) is 16.8. The lowest BCUT2D eigenvalue weighted by Gasteiger charge is -2.21. The van der Waals surface area contributed by atoms with Crippen LogP contribution in [-0.4, -0.2) is 4.57 Å². The maximum atomic E-state index is 2.49. The van der Waals surface area contributed by atoms with Crippen LogP contribution in [0.25, 0.3) is 71.6 Å². The second kappa shape index (κ2) is 9.11. The summed E-state index contributed by atoms with van der Waals surface area (Å²) >= 11 is 0. The highest BCUT2D eigenvalue weighted by atomic mass is 15.0. The van der Waals surface area contributed by atoms with Crippen LogP contribution in [0, 0.1) is 0 Å². The Balaban J connectivity index is 1.21. The van der Waals surface area contributed by atoms with Crippen LogP contribution in [0.1, 0.15) is 49.9 Å². The van der Waals surface area contributed by atoms with Crippen molar-refractivity contribution in [2.24, 2.45) is 0 Å². The van der Waals surface area contributed by atoms with E-state index in [1.807, 2.05) is 0 Å². The number of aromatic nitrogens is 1. The summed E-state index contributed by atoms with van der Waals surface area (Å²) in [6.07, 6.45) is 0. The first kappa shape index (κ1) is 26.8. The zero-order valence-electron chi connectivity index (χ0n) is 27.2. The maximum Gasteiger partial charge on any atom is 0.0547 e. The van der Waals surface area contributed by atoms with Gasteiger partial charge in [0.1, 0.15) is 0 Å². The van der Waals surface area contributed by atoms with E-state index in [0.717, 1.165) is 0 Å². The van der Waals surface area contributed by atoms with Gasteiger partial charge in [-0.1, -0.05) is 131 Å². The molecule has 0 unspecified atom stereocenters. The first-order valence-electron chi connectivity index (χ1n) is 16.8.